The van der Waals surface area contributed by atoms with Gasteiger partial charge >= 0.3 is 5.97 Å². The minimum absolute atomic E-state index is 0.0445. The van der Waals surface area contributed by atoms with Gasteiger partial charge in [-0.3, -0.25) is 0 Å². The Hall–Kier alpha value is -1.65. The molecule has 0 amide bonds. The van der Waals surface area contributed by atoms with Gasteiger partial charge in [0, 0.05) is 3.57 Å². The smallest absolute Gasteiger partial charge is 0.338 e. The topological polar surface area (TPSA) is 92.7 Å². The summed E-state index contributed by atoms with van der Waals surface area (Å²) in [6.07, 6.45) is 0. The lowest BCUT2D eigenvalue weighted by Gasteiger charge is -2.18. The SMILES string of the molecule is Cc1cc(S(=O)(=O)[O-])c(C(C)C)cc1C(=O)OCCOc1ccc(I)cc1. The maximum absolute atomic E-state index is 12.4. The predicted molar refractivity (Wildman–Crippen MR) is 108 cm³/mol. The third-order valence-corrected chi connectivity index (χ3v) is 5.48. The van der Waals surface area contributed by atoms with Crippen molar-refractivity contribution in [3.8, 4) is 5.75 Å². The fraction of sp³-hybridized carbons (Fsp3) is 0.316. The van der Waals surface area contributed by atoms with Gasteiger partial charge in [0.1, 0.15) is 29.1 Å². The van der Waals surface area contributed by atoms with Crippen LogP contribution in [0.3, 0.4) is 0 Å². The molecule has 0 aliphatic heterocycles. The first kappa shape index (κ1) is 21.6. The lowest BCUT2D eigenvalue weighted by molar-refractivity contribution is 0.0449. The van der Waals surface area contributed by atoms with Crippen LogP contribution in [0.15, 0.2) is 41.3 Å². The van der Waals surface area contributed by atoms with Crippen molar-refractivity contribution < 1.29 is 27.2 Å². The second kappa shape index (κ2) is 9.03. The van der Waals surface area contributed by atoms with E-state index >= 15 is 0 Å². The van der Waals surface area contributed by atoms with Gasteiger partial charge in [-0.1, -0.05) is 13.8 Å². The summed E-state index contributed by atoms with van der Waals surface area (Å²) in [6.45, 7) is 5.31. The molecule has 0 aromatic heterocycles. The number of aryl methyl sites for hydroxylation is 1. The van der Waals surface area contributed by atoms with Crippen molar-refractivity contribution in [2.45, 2.75) is 31.6 Å². The van der Waals surface area contributed by atoms with Gasteiger partial charge in [-0.25, -0.2) is 13.2 Å². The third-order valence-electron chi connectivity index (χ3n) is 3.87. The van der Waals surface area contributed by atoms with Crippen LogP contribution >= 0.6 is 22.6 Å². The molecular formula is C19H20IO6S-. The number of carbonyl (C=O) groups is 1. The summed E-state index contributed by atoms with van der Waals surface area (Å²) in [4.78, 5) is 12.1. The Labute approximate surface area is 172 Å². The van der Waals surface area contributed by atoms with E-state index < -0.39 is 16.1 Å². The van der Waals surface area contributed by atoms with Crippen molar-refractivity contribution in [1.29, 1.82) is 0 Å². The van der Waals surface area contributed by atoms with E-state index in [9.17, 15) is 17.8 Å². The highest BCUT2D eigenvalue weighted by Crippen LogP contribution is 2.27. The molecule has 0 aliphatic rings. The molecule has 2 aromatic carbocycles. The van der Waals surface area contributed by atoms with E-state index in [-0.39, 0.29) is 29.6 Å². The molecule has 0 spiro atoms. The summed E-state index contributed by atoms with van der Waals surface area (Å²) < 4.78 is 46.2. The van der Waals surface area contributed by atoms with Crippen LogP contribution in [0.25, 0.3) is 0 Å². The minimum Gasteiger partial charge on any atom is -0.744 e. The molecule has 0 fully saturated rings. The first-order chi connectivity index (χ1) is 12.6. The fourth-order valence-corrected chi connectivity index (χ4v) is 3.75. The lowest BCUT2D eigenvalue weighted by atomic mass is 9.97. The summed E-state index contributed by atoms with van der Waals surface area (Å²) in [5.41, 5.74) is 0.912. The number of halogens is 1. The molecule has 0 aliphatic carbocycles. The monoisotopic (exact) mass is 503 g/mol. The first-order valence-electron chi connectivity index (χ1n) is 8.25. The number of esters is 1. The third kappa shape index (κ3) is 5.91. The molecule has 0 saturated carbocycles. The Morgan fingerprint density at radius 3 is 2.33 bits per heavy atom. The maximum atomic E-state index is 12.4. The van der Waals surface area contributed by atoms with Gasteiger partial charge < -0.3 is 14.0 Å². The predicted octanol–water partition coefficient (Wildman–Crippen LogP) is 3.86. The number of ether oxygens (including phenoxy) is 2. The van der Waals surface area contributed by atoms with Crippen molar-refractivity contribution in [2.24, 2.45) is 0 Å². The molecule has 0 N–H and O–H groups in total. The average Bonchev–Trinajstić information content (AvgIpc) is 2.58. The van der Waals surface area contributed by atoms with E-state index in [0.29, 0.717) is 16.9 Å². The summed E-state index contributed by atoms with van der Waals surface area (Å²) in [7, 11) is -4.62. The van der Waals surface area contributed by atoms with Crippen molar-refractivity contribution in [3.63, 3.8) is 0 Å². The zero-order valence-electron chi connectivity index (χ0n) is 15.2. The molecule has 6 nitrogen and oxygen atoms in total. The molecule has 8 heteroatoms. The van der Waals surface area contributed by atoms with E-state index in [4.69, 9.17) is 9.47 Å². The highest BCUT2D eigenvalue weighted by Gasteiger charge is 2.19. The van der Waals surface area contributed by atoms with Crippen LogP contribution in [-0.2, 0) is 14.9 Å². The van der Waals surface area contributed by atoms with E-state index in [1.165, 1.54) is 12.1 Å². The second-order valence-corrected chi connectivity index (χ2v) is 8.85. The Balaban J connectivity index is 2.07. The van der Waals surface area contributed by atoms with E-state index in [2.05, 4.69) is 22.6 Å². The number of rotatable bonds is 7. The van der Waals surface area contributed by atoms with Crippen LogP contribution < -0.4 is 4.74 Å². The molecule has 0 heterocycles. The van der Waals surface area contributed by atoms with Crippen molar-refractivity contribution in [1.82, 2.24) is 0 Å². The van der Waals surface area contributed by atoms with Gasteiger partial charge in [-0.2, -0.15) is 0 Å². The zero-order valence-corrected chi connectivity index (χ0v) is 18.2. The van der Waals surface area contributed by atoms with Crippen molar-refractivity contribution in [2.75, 3.05) is 13.2 Å². The second-order valence-electron chi connectivity index (χ2n) is 6.25. The van der Waals surface area contributed by atoms with Crippen LogP contribution in [0.5, 0.6) is 5.75 Å². The summed E-state index contributed by atoms with van der Waals surface area (Å²) in [6, 6.07) is 10.1. The molecule has 0 saturated heterocycles. The summed E-state index contributed by atoms with van der Waals surface area (Å²) >= 11 is 2.19. The van der Waals surface area contributed by atoms with E-state index in [1.807, 2.05) is 24.3 Å². The zero-order chi connectivity index (χ0) is 20.2. The van der Waals surface area contributed by atoms with Crippen molar-refractivity contribution >= 4 is 38.7 Å². The van der Waals surface area contributed by atoms with Gasteiger partial charge in [0.2, 0.25) is 0 Å². The van der Waals surface area contributed by atoms with Crippen LogP contribution in [0, 0.1) is 10.5 Å². The highest BCUT2D eigenvalue weighted by atomic mass is 127. The van der Waals surface area contributed by atoms with Gasteiger partial charge in [0.25, 0.3) is 0 Å². The Morgan fingerprint density at radius 1 is 1.15 bits per heavy atom. The molecule has 0 atom stereocenters. The number of hydrogen-bond acceptors (Lipinski definition) is 6. The van der Waals surface area contributed by atoms with Crippen LogP contribution in [0.4, 0.5) is 0 Å². The van der Waals surface area contributed by atoms with E-state index in [0.717, 1.165) is 3.57 Å². The summed E-state index contributed by atoms with van der Waals surface area (Å²) in [5.74, 6) is -0.148. The number of carbonyl (C=O) groups excluding carboxylic acids is 1. The van der Waals surface area contributed by atoms with Crippen LogP contribution in [-0.4, -0.2) is 32.2 Å². The maximum Gasteiger partial charge on any atom is 0.338 e. The fourth-order valence-electron chi connectivity index (χ4n) is 2.49. The molecule has 2 rings (SSSR count). The molecule has 2 aromatic rings. The molecule has 27 heavy (non-hydrogen) atoms. The van der Waals surface area contributed by atoms with Crippen LogP contribution in [0.1, 0.15) is 41.3 Å². The molecule has 0 unspecified atom stereocenters. The Kier molecular flexibility index (Phi) is 7.24. The first-order valence-corrected chi connectivity index (χ1v) is 10.7. The lowest BCUT2D eigenvalue weighted by Crippen LogP contribution is -2.15. The van der Waals surface area contributed by atoms with Crippen LogP contribution in [0.2, 0.25) is 0 Å². The van der Waals surface area contributed by atoms with E-state index in [1.54, 1.807) is 20.8 Å². The normalized spacial score (nSPS) is 11.5. The van der Waals surface area contributed by atoms with Gasteiger partial charge in [0.15, 0.2) is 0 Å². The van der Waals surface area contributed by atoms with Crippen molar-refractivity contribution in [3.05, 3.63) is 56.7 Å². The van der Waals surface area contributed by atoms with Gasteiger partial charge in [-0.15, -0.1) is 0 Å². The number of hydrogen-bond donors (Lipinski definition) is 0. The quantitative estimate of drug-likeness (QED) is 0.247. The minimum atomic E-state index is -4.62. The molecule has 0 bridgehead atoms. The van der Waals surface area contributed by atoms with Gasteiger partial charge in [0.05, 0.1) is 10.5 Å². The standard InChI is InChI=1S/C19H21IO6S/c1-12(2)16-11-17(13(3)10-18(16)27(22,23)24)19(21)26-9-8-25-15-6-4-14(20)5-7-15/h4-7,10-12H,8-9H2,1-3H3,(H,22,23,24)/p-1. The Morgan fingerprint density at radius 2 is 1.78 bits per heavy atom. The largest absolute Gasteiger partial charge is 0.744 e. The Bertz CT molecular complexity index is 920. The average molecular weight is 503 g/mol. The number of benzene rings is 2. The highest BCUT2D eigenvalue weighted by molar-refractivity contribution is 14.1. The van der Waals surface area contributed by atoms with Gasteiger partial charge in [-0.05, 0) is 83.0 Å². The summed E-state index contributed by atoms with van der Waals surface area (Å²) in [5, 5.41) is 0. The molecule has 146 valence electrons. The molecule has 0 radical (unpaired) electrons. The molecular weight excluding hydrogens is 483 g/mol.